The summed E-state index contributed by atoms with van der Waals surface area (Å²) in [6.45, 7) is 1.62. The monoisotopic (exact) mass is 474 g/mol. The number of aryl methyl sites for hydroxylation is 1. The van der Waals surface area contributed by atoms with Gasteiger partial charge in [0.05, 0.1) is 22.6 Å². The van der Waals surface area contributed by atoms with Gasteiger partial charge in [-0.05, 0) is 48.0 Å². The number of azo groups is 1. The maximum atomic E-state index is 13.6. The summed E-state index contributed by atoms with van der Waals surface area (Å²) < 4.78 is 27.9. The first-order valence-electron chi connectivity index (χ1n) is 10.3. The second-order valence-corrected chi connectivity index (χ2v) is 7.51. The number of hydrogen-bond acceptors (Lipinski definition) is 7. The van der Waals surface area contributed by atoms with Crippen LogP contribution in [0.3, 0.4) is 0 Å². The summed E-state index contributed by atoms with van der Waals surface area (Å²) in [5.41, 5.74) is 1.95. The lowest BCUT2D eigenvalue weighted by Crippen LogP contribution is -2.14. The Hall–Kier alpha value is -5.00. The molecule has 5 rings (SSSR count). The van der Waals surface area contributed by atoms with E-state index in [0.717, 1.165) is 16.8 Å². The number of aromatic nitrogens is 6. The normalized spacial score (nSPS) is 11.4. The number of tetrazole rings is 1. The Balaban J connectivity index is 1.47. The third-order valence-corrected chi connectivity index (χ3v) is 5.25. The van der Waals surface area contributed by atoms with Crippen molar-refractivity contribution in [2.24, 2.45) is 10.2 Å². The van der Waals surface area contributed by atoms with Crippen LogP contribution in [0.25, 0.3) is 28.2 Å². The molecular formula is C23H16F2N8O2. The van der Waals surface area contributed by atoms with E-state index in [4.69, 9.17) is 0 Å². The predicted octanol–water partition coefficient (Wildman–Crippen LogP) is 4.72. The topological polar surface area (TPSA) is 137 Å². The van der Waals surface area contributed by atoms with Gasteiger partial charge < -0.3 is 5.11 Å². The van der Waals surface area contributed by atoms with Crippen LogP contribution in [0.5, 0.6) is 5.75 Å². The van der Waals surface area contributed by atoms with Gasteiger partial charge in [-0.15, -0.1) is 15.3 Å². The highest BCUT2D eigenvalue weighted by Crippen LogP contribution is 2.37. The van der Waals surface area contributed by atoms with Crippen molar-refractivity contribution in [1.29, 1.82) is 0 Å². The number of aromatic hydroxyl groups is 1. The van der Waals surface area contributed by atoms with E-state index in [-0.39, 0.29) is 22.9 Å². The fourth-order valence-electron chi connectivity index (χ4n) is 3.54. The smallest absolute Gasteiger partial charge is 0.299 e. The van der Waals surface area contributed by atoms with Crippen LogP contribution in [0.4, 0.5) is 20.2 Å². The molecule has 0 saturated heterocycles. The summed E-state index contributed by atoms with van der Waals surface area (Å²) in [5, 5.41) is 35.4. The van der Waals surface area contributed by atoms with Gasteiger partial charge in [0.2, 0.25) is 5.82 Å². The van der Waals surface area contributed by atoms with Crippen molar-refractivity contribution in [3.63, 3.8) is 0 Å². The van der Waals surface area contributed by atoms with Gasteiger partial charge in [0.25, 0.3) is 5.56 Å². The Morgan fingerprint density at radius 2 is 1.77 bits per heavy atom. The van der Waals surface area contributed by atoms with E-state index < -0.39 is 17.2 Å². The van der Waals surface area contributed by atoms with Crippen molar-refractivity contribution in [2.75, 3.05) is 0 Å². The van der Waals surface area contributed by atoms with Gasteiger partial charge in [-0.25, -0.2) is 13.5 Å². The molecular weight excluding hydrogens is 458 g/mol. The van der Waals surface area contributed by atoms with Crippen molar-refractivity contribution in [1.82, 2.24) is 30.4 Å². The molecule has 0 unspecified atom stereocenters. The maximum absolute atomic E-state index is 13.6. The van der Waals surface area contributed by atoms with Crippen LogP contribution in [0.1, 0.15) is 5.69 Å². The molecule has 0 bridgehead atoms. The molecule has 0 radical (unpaired) electrons. The summed E-state index contributed by atoms with van der Waals surface area (Å²) in [6, 6.07) is 15.1. The molecule has 0 amide bonds. The second kappa shape index (κ2) is 8.74. The quantitative estimate of drug-likeness (QED) is 0.317. The predicted molar refractivity (Wildman–Crippen MR) is 122 cm³/mol. The SMILES string of the molecule is Cc1[nH]n(-c2ccc(F)c(F)c2)c(=O)c1N=Nc1cccc(-c2cccc(-c3nn[nH]n3)c2O)c1. The zero-order valence-electron chi connectivity index (χ0n) is 18.1. The zero-order chi connectivity index (χ0) is 24.5. The largest absolute Gasteiger partial charge is 0.507 e. The number of hydrogen-bond donors (Lipinski definition) is 3. The number of phenols is 1. The van der Waals surface area contributed by atoms with Crippen molar-refractivity contribution in [3.8, 4) is 34.0 Å². The number of halogens is 2. The first-order chi connectivity index (χ1) is 16.9. The summed E-state index contributed by atoms with van der Waals surface area (Å²) in [5.74, 6) is -1.87. The Labute approximate surface area is 195 Å². The third-order valence-electron chi connectivity index (χ3n) is 5.25. The van der Waals surface area contributed by atoms with Crippen LogP contribution >= 0.6 is 0 Å². The van der Waals surface area contributed by atoms with Crippen molar-refractivity contribution in [2.45, 2.75) is 6.92 Å². The van der Waals surface area contributed by atoms with Gasteiger partial charge in [-0.2, -0.15) is 10.3 Å². The number of phenolic OH excluding ortho intramolecular Hbond substituents is 1. The summed E-state index contributed by atoms with van der Waals surface area (Å²) in [4.78, 5) is 12.8. The Morgan fingerprint density at radius 1 is 0.971 bits per heavy atom. The minimum atomic E-state index is -1.08. The molecule has 10 nitrogen and oxygen atoms in total. The molecule has 3 N–H and O–H groups in total. The van der Waals surface area contributed by atoms with Crippen molar-refractivity contribution < 1.29 is 13.9 Å². The van der Waals surface area contributed by atoms with Crippen LogP contribution in [0.2, 0.25) is 0 Å². The van der Waals surface area contributed by atoms with Gasteiger partial charge in [0.1, 0.15) is 5.75 Å². The molecule has 0 spiro atoms. The third kappa shape index (κ3) is 4.08. The highest BCUT2D eigenvalue weighted by atomic mass is 19.2. The number of H-pyrrole nitrogens is 2. The minimum absolute atomic E-state index is 0.0158. The standard InChI is InChI=1S/C23H16F2N8O2/c1-12-20(23(35)33(30-12)15-8-9-18(24)19(25)11-15)27-26-14-5-2-4-13(10-14)16-6-3-7-17(21(16)34)22-28-31-32-29-22/h2-11,30,34H,1H3,(H,28,29,31,32). The van der Waals surface area contributed by atoms with E-state index in [1.165, 1.54) is 6.07 Å². The Morgan fingerprint density at radius 3 is 2.54 bits per heavy atom. The molecule has 2 aromatic heterocycles. The number of rotatable bonds is 5. The molecule has 3 aromatic carbocycles. The molecule has 5 aromatic rings. The number of para-hydroxylation sites is 1. The molecule has 0 fully saturated rings. The van der Waals surface area contributed by atoms with E-state index >= 15 is 0 Å². The number of nitrogens with one attached hydrogen (secondary N) is 2. The van der Waals surface area contributed by atoms with E-state index in [9.17, 15) is 18.7 Å². The number of aromatic amines is 2. The van der Waals surface area contributed by atoms with Gasteiger partial charge >= 0.3 is 0 Å². The number of nitrogens with zero attached hydrogens (tertiary/aromatic N) is 6. The van der Waals surface area contributed by atoms with Gasteiger partial charge in [-0.3, -0.25) is 9.89 Å². The molecule has 0 aliphatic heterocycles. The van der Waals surface area contributed by atoms with Crippen LogP contribution in [-0.2, 0) is 0 Å². The van der Waals surface area contributed by atoms with Gasteiger partial charge in [0, 0.05) is 11.6 Å². The van der Waals surface area contributed by atoms with Crippen LogP contribution in [-0.4, -0.2) is 35.5 Å². The summed E-state index contributed by atoms with van der Waals surface area (Å²) in [6.07, 6.45) is 0. The summed E-state index contributed by atoms with van der Waals surface area (Å²) >= 11 is 0. The van der Waals surface area contributed by atoms with Crippen molar-refractivity contribution >= 4 is 11.4 Å². The maximum Gasteiger partial charge on any atom is 0.299 e. The summed E-state index contributed by atoms with van der Waals surface area (Å²) in [7, 11) is 0. The molecule has 35 heavy (non-hydrogen) atoms. The fourth-order valence-corrected chi connectivity index (χ4v) is 3.54. The molecule has 0 aliphatic rings. The van der Waals surface area contributed by atoms with Gasteiger partial charge in [-0.1, -0.05) is 24.3 Å². The van der Waals surface area contributed by atoms with Crippen LogP contribution < -0.4 is 5.56 Å². The lowest BCUT2D eigenvalue weighted by Gasteiger charge is -2.08. The molecule has 0 atom stereocenters. The van der Waals surface area contributed by atoms with Crippen LogP contribution in [0, 0.1) is 18.6 Å². The highest BCUT2D eigenvalue weighted by molar-refractivity contribution is 5.80. The lowest BCUT2D eigenvalue weighted by atomic mass is 10.0. The van der Waals surface area contributed by atoms with Crippen molar-refractivity contribution in [3.05, 3.63) is 88.3 Å². The molecule has 0 aliphatic carbocycles. The Bertz CT molecular complexity index is 1620. The molecule has 0 saturated carbocycles. The van der Waals surface area contributed by atoms with Gasteiger partial charge in [0.15, 0.2) is 17.3 Å². The first kappa shape index (κ1) is 21.8. The Kier molecular flexibility index (Phi) is 5.45. The van der Waals surface area contributed by atoms with Crippen LogP contribution in [0.15, 0.2) is 75.7 Å². The van der Waals surface area contributed by atoms with E-state index in [1.807, 2.05) is 0 Å². The molecule has 174 valence electrons. The first-order valence-corrected chi connectivity index (χ1v) is 10.3. The number of benzene rings is 3. The fraction of sp³-hybridized carbons (Fsp3) is 0.0435. The van der Waals surface area contributed by atoms with E-state index in [0.29, 0.717) is 28.1 Å². The van der Waals surface area contributed by atoms with E-state index in [1.54, 1.807) is 49.4 Å². The lowest BCUT2D eigenvalue weighted by molar-refractivity contribution is 0.479. The molecule has 12 heteroatoms. The minimum Gasteiger partial charge on any atom is -0.507 e. The zero-order valence-corrected chi connectivity index (χ0v) is 18.1. The molecule has 2 heterocycles. The highest BCUT2D eigenvalue weighted by Gasteiger charge is 2.15. The second-order valence-electron chi connectivity index (χ2n) is 7.51. The average molecular weight is 474 g/mol. The average Bonchev–Trinajstić information content (AvgIpc) is 3.48. The van der Waals surface area contributed by atoms with E-state index in [2.05, 4.69) is 36.0 Å².